The van der Waals surface area contributed by atoms with Crippen LogP contribution >= 0.6 is 0 Å². The Hall–Kier alpha value is -1.92. The van der Waals surface area contributed by atoms with Crippen LogP contribution in [0.1, 0.15) is 24.8 Å². The molecule has 0 aromatic heterocycles. The van der Waals surface area contributed by atoms with Gasteiger partial charge in [-0.15, -0.1) is 0 Å². The van der Waals surface area contributed by atoms with E-state index < -0.39 is 41.1 Å². The van der Waals surface area contributed by atoms with Crippen LogP contribution in [0.5, 0.6) is 0 Å². The number of allylic oxidation sites excluding steroid dienone is 2. The molecule has 3 rings (SSSR count). The lowest BCUT2D eigenvalue weighted by Gasteiger charge is -2.38. The fourth-order valence-corrected chi connectivity index (χ4v) is 2.69. The lowest BCUT2D eigenvalue weighted by molar-refractivity contribution is -0.181. The van der Waals surface area contributed by atoms with Crippen molar-refractivity contribution in [3.05, 3.63) is 41.5 Å². The van der Waals surface area contributed by atoms with Crippen LogP contribution in [0.2, 0.25) is 0 Å². The maximum absolute atomic E-state index is 14.1. The monoisotopic (exact) mass is 317 g/mol. The second kappa shape index (κ2) is 4.79. The zero-order valence-electron chi connectivity index (χ0n) is 11.3. The van der Waals surface area contributed by atoms with Gasteiger partial charge in [-0.05, 0) is 30.9 Å². The fourth-order valence-electron chi connectivity index (χ4n) is 2.69. The zero-order valence-corrected chi connectivity index (χ0v) is 11.3. The minimum Gasteiger partial charge on any atom is -0.326 e. The van der Waals surface area contributed by atoms with Crippen molar-refractivity contribution in [3.8, 4) is 0 Å². The zero-order chi connectivity index (χ0) is 16.1. The van der Waals surface area contributed by atoms with Gasteiger partial charge in [-0.3, -0.25) is 4.79 Å². The van der Waals surface area contributed by atoms with E-state index in [2.05, 4.69) is 5.32 Å². The standard InChI is InChI=1S/C15H12F5NO/c16-9-3-4-10-12(13(9)17)14(15(18,19)20,7-11(22)21-10)6-5-8-1-2-8/h3-6,8H,1-2,7H2,(H,21,22)/b6-5+. The predicted molar refractivity (Wildman–Crippen MR) is 69.2 cm³/mol. The van der Waals surface area contributed by atoms with Crippen molar-refractivity contribution in [1.29, 1.82) is 0 Å². The van der Waals surface area contributed by atoms with Gasteiger partial charge in [0.1, 0.15) is 5.41 Å². The highest BCUT2D eigenvalue weighted by atomic mass is 19.4. The number of carbonyl (C=O) groups is 1. The van der Waals surface area contributed by atoms with E-state index in [0.717, 1.165) is 25.0 Å². The molecule has 1 saturated carbocycles. The minimum absolute atomic E-state index is 0.00397. The quantitative estimate of drug-likeness (QED) is 0.646. The topological polar surface area (TPSA) is 29.1 Å². The average molecular weight is 317 g/mol. The van der Waals surface area contributed by atoms with Gasteiger partial charge in [-0.2, -0.15) is 13.2 Å². The average Bonchev–Trinajstić information content (AvgIpc) is 3.23. The molecule has 1 aliphatic heterocycles. The van der Waals surface area contributed by atoms with Gasteiger partial charge < -0.3 is 5.32 Å². The number of halogens is 5. The van der Waals surface area contributed by atoms with Crippen molar-refractivity contribution >= 4 is 11.6 Å². The third-order valence-electron chi connectivity index (χ3n) is 4.04. The molecule has 1 amide bonds. The van der Waals surface area contributed by atoms with Gasteiger partial charge in [0.25, 0.3) is 0 Å². The van der Waals surface area contributed by atoms with Crippen molar-refractivity contribution in [1.82, 2.24) is 0 Å². The molecule has 1 aromatic rings. The Bertz CT molecular complexity index is 663. The van der Waals surface area contributed by atoms with E-state index in [-0.39, 0.29) is 11.6 Å². The summed E-state index contributed by atoms with van der Waals surface area (Å²) in [5.74, 6) is -3.82. The van der Waals surface area contributed by atoms with Gasteiger partial charge in [0, 0.05) is 17.7 Å². The van der Waals surface area contributed by atoms with Crippen molar-refractivity contribution in [2.75, 3.05) is 5.32 Å². The van der Waals surface area contributed by atoms with Crippen molar-refractivity contribution < 1.29 is 26.7 Å². The third-order valence-corrected chi connectivity index (χ3v) is 4.04. The molecular formula is C15H12F5NO. The van der Waals surface area contributed by atoms with Gasteiger partial charge in [-0.1, -0.05) is 12.2 Å². The molecule has 0 spiro atoms. The van der Waals surface area contributed by atoms with Crippen LogP contribution < -0.4 is 5.32 Å². The number of hydrogen-bond acceptors (Lipinski definition) is 1. The number of alkyl halides is 3. The highest BCUT2D eigenvalue weighted by Gasteiger charge is 2.59. The van der Waals surface area contributed by atoms with Crippen LogP contribution in [-0.2, 0) is 10.2 Å². The summed E-state index contributed by atoms with van der Waals surface area (Å²) >= 11 is 0. The molecule has 22 heavy (non-hydrogen) atoms. The minimum atomic E-state index is -4.92. The molecule has 1 N–H and O–H groups in total. The number of amides is 1. The first-order valence-electron chi connectivity index (χ1n) is 6.79. The number of carbonyl (C=O) groups excluding carboxylic acids is 1. The Morgan fingerprint density at radius 2 is 1.91 bits per heavy atom. The Kier molecular flexibility index (Phi) is 3.27. The van der Waals surface area contributed by atoms with Crippen molar-refractivity contribution in [3.63, 3.8) is 0 Å². The molecule has 1 unspecified atom stereocenters. The van der Waals surface area contributed by atoms with Gasteiger partial charge in [0.2, 0.25) is 5.91 Å². The van der Waals surface area contributed by atoms with Gasteiger partial charge in [-0.25, -0.2) is 8.78 Å². The summed E-state index contributed by atoms with van der Waals surface area (Å²) < 4.78 is 68.7. The number of fused-ring (bicyclic) bond motifs is 1. The van der Waals surface area contributed by atoms with E-state index in [9.17, 15) is 26.7 Å². The van der Waals surface area contributed by atoms with Crippen LogP contribution in [0, 0.1) is 17.6 Å². The number of nitrogens with one attached hydrogen (secondary N) is 1. The summed E-state index contributed by atoms with van der Waals surface area (Å²) in [6.45, 7) is 0. The molecule has 0 bridgehead atoms. The normalized spacial score (nSPS) is 25.2. The van der Waals surface area contributed by atoms with E-state index in [1.165, 1.54) is 6.08 Å². The highest BCUT2D eigenvalue weighted by Crippen LogP contribution is 2.51. The number of rotatable bonds is 2. The molecule has 1 fully saturated rings. The summed E-state index contributed by atoms with van der Waals surface area (Å²) in [5, 5.41) is 2.18. The summed E-state index contributed by atoms with van der Waals surface area (Å²) in [6, 6.07) is 1.65. The molecule has 0 saturated heterocycles. The second-order valence-corrected chi connectivity index (χ2v) is 5.67. The Morgan fingerprint density at radius 3 is 2.50 bits per heavy atom. The van der Waals surface area contributed by atoms with Gasteiger partial charge >= 0.3 is 6.18 Å². The van der Waals surface area contributed by atoms with E-state index in [1.54, 1.807) is 0 Å². The summed E-state index contributed by atoms with van der Waals surface area (Å²) in [4.78, 5) is 11.7. The molecular weight excluding hydrogens is 305 g/mol. The van der Waals surface area contributed by atoms with E-state index in [1.807, 2.05) is 0 Å². The van der Waals surface area contributed by atoms with Gasteiger partial charge in [0.05, 0.1) is 0 Å². The smallest absolute Gasteiger partial charge is 0.326 e. The predicted octanol–water partition coefficient (Wildman–Crippen LogP) is 4.07. The summed E-state index contributed by atoms with van der Waals surface area (Å²) in [7, 11) is 0. The first-order valence-corrected chi connectivity index (χ1v) is 6.79. The molecule has 118 valence electrons. The molecule has 1 aliphatic carbocycles. The third kappa shape index (κ3) is 2.28. The maximum Gasteiger partial charge on any atom is 0.402 e. The largest absolute Gasteiger partial charge is 0.402 e. The first-order chi connectivity index (χ1) is 10.2. The first kappa shape index (κ1) is 15.0. The Balaban J connectivity index is 2.25. The van der Waals surface area contributed by atoms with Crippen LogP contribution in [-0.4, -0.2) is 12.1 Å². The van der Waals surface area contributed by atoms with Crippen molar-refractivity contribution in [2.24, 2.45) is 5.92 Å². The molecule has 1 heterocycles. The SMILES string of the molecule is O=C1CC(/C=C/C2CC2)(C(F)(F)F)c2c(ccc(F)c2F)N1. The number of anilines is 1. The lowest BCUT2D eigenvalue weighted by atomic mass is 9.73. The van der Waals surface area contributed by atoms with Crippen LogP contribution in [0.3, 0.4) is 0 Å². The molecule has 0 radical (unpaired) electrons. The molecule has 2 nitrogen and oxygen atoms in total. The van der Waals surface area contributed by atoms with Crippen LogP contribution in [0.4, 0.5) is 27.6 Å². The van der Waals surface area contributed by atoms with Gasteiger partial charge in [0.15, 0.2) is 11.6 Å². The second-order valence-electron chi connectivity index (χ2n) is 5.67. The van der Waals surface area contributed by atoms with Crippen molar-refractivity contribution in [2.45, 2.75) is 30.9 Å². The Labute approximate surface area is 123 Å². The molecule has 1 atom stereocenters. The molecule has 1 aromatic carbocycles. The van der Waals surface area contributed by atoms with E-state index in [0.29, 0.717) is 6.07 Å². The summed E-state index contributed by atoms with van der Waals surface area (Å²) in [6.07, 6.45) is -2.22. The van der Waals surface area contributed by atoms with E-state index >= 15 is 0 Å². The fraction of sp³-hybridized carbons (Fsp3) is 0.400. The lowest BCUT2D eigenvalue weighted by Crippen LogP contribution is -2.48. The van der Waals surface area contributed by atoms with Crippen LogP contribution in [0.15, 0.2) is 24.3 Å². The van der Waals surface area contributed by atoms with E-state index in [4.69, 9.17) is 0 Å². The maximum atomic E-state index is 14.1. The highest BCUT2D eigenvalue weighted by molar-refractivity contribution is 5.96. The summed E-state index contributed by atoms with van der Waals surface area (Å²) in [5.41, 5.74) is -4.02. The van der Waals surface area contributed by atoms with Crippen LogP contribution in [0.25, 0.3) is 0 Å². The molecule has 7 heteroatoms. The molecule has 2 aliphatic rings. The number of hydrogen-bond donors (Lipinski definition) is 1. The number of benzene rings is 1. The Morgan fingerprint density at radius 1 is 1.23 bits per heavy atom.